The van der Waals surface area contributed by atoms with Gasteiger partial charge in [0.15, 0.2) is 0 Å². The molecule has 2 N–H and O–H groups in total. The first-order valence-electron chi connectivity index (χ1n) is 8.92. The molecule has 0 saturated heterocycles. The number of hydrogen-bond acceptors (Lipinski definition) is 3. The molecule has 0 saturated carbocycles. The lowest BCUT2D eigenvalue weighted by Gasteiger charge is -2.28. The van der Waals surface area contributed by atoms with Crippen LogP contribution in [0.4, 0.5) is 30.2 Å². The average molecular weight is 385 g/mol. The molecule has 0 bridgehead atoms. The molecule has 2 aromatic rings. The van der Waals surface area contributed by atoms with Gasteiger partial charge in [-0.1, -0.05) is 30.4 Å². The number of anilines is 3. The van der Waals surface area contributed by atoms with Crippen molar-refractivity contribution in [3.8, 4) is 0 Å². The van der Waals surface area contributed by atoms with Gasteiger partial charge >= 0.3 is 6.18 Å². The third kappa shape index (κ3) is 3.47. The number of fused-ring (bicyclic) bond motifs is 1. The largest absolute Gasteiger partial charge is 0.418 e. The van der Waals surface area contributed by atoms with Crippen molar-refractivity contribution >= 4 is 28.5 Å². The lowest BCUT2D eigenvalue weighted by Crippen LogP contribution is -2.29. The van der Waals surface area contributed by atoms with Crippen LogP contribution in [0.15, 0.2) is 60.8 Å². The number of carbonyl (C=O) groups is 1. The summed E-state index contributed by atoms with van der Waals surface area (Å²) in [5.41, 5.74) is 1.53. The summed E-state index contributed by atoms with van der Waals surface area (Å²) in [5.74, 6) is -0.290. The molecule has 4 nitrogen and oxygen atoms in total. The molecule has 1 amide bonds. The van der Waals surface area contributed by atoms with E-state index < -0.39 is 11.7 Å². The van der Waals surface area contributed by atoms with Gasteiger partial charge in [0, 0.05) is 41.9 Å². The number of hydrogen-bond donors (Lipinski definition) is 2. The number of rotatable bonds is 3. The fraction of sp³-hybridized carbons (Fsp3) is 0.190. The number of nitrogens with one attached hydrogen (secondary N) is 2. The van der Waals surface area contributed by atoms with Crippen molar-refractivity contribution in [1.29, 1.82) is 0 Å². The summed E-state index contributed by atoms with van der Waals surface area (Å²) >= 11 is 0. The van der Waals surface area contributed by atoms with Crippen LogP contribution in [0, 0.1) is 0 Å². The van der Waals surface area contributed by atoms with E-state index in [1.54, 1.807) is 35.2 Å². The molecule has 0 fully saturated rings. The van der Waals surface area contributed by atoms with Gasteiger partial charge in [-0.3, -0.25) is 4.79 Å². The fourth-order valence-electron chi connectivity index (χ4n) is 3.43. The standard InChI is InChI=1S/C21H18F3N3O/c22-21(23,24)17-12-14(8-9-19(17)27-10-4-1-5-11-27)25-13-16-15-6-2-3-7-18(15)26-20(16)28/h1-4,6-9,12-13,25H,5,10-11H2,(H,26,28)/b16-13+. The maximum absolute atomic E-state index is 13.6. The Morgan fingerprint density at radius 2 is 1.93 bits per heavy atom. The van der Waals surface area contributed by atoms with Crippen LogP contribution in [0.25, 0.3) is 5.57 Å². The van der Waals surface area contributed by atoms with E-state index in [9.17, 15) is 18.0 Å². The van der Waals surface area contributed by atoms with E-state index >= 15 is 0 Å². The van der Waals surface area contributed by atoms with Crippen LogP contribution >= 0.6 is 0 Å². The third-order valence-corrected chi connectivity index (χ3v) is 4.79. The Hall–Kier alpha value is -3.22. The second-order valence-electron chi connectivity index (χ2n) is 6.64. The van der Waals surface area contributed by atoms with Crippen molar-refractivity contribution in [3.63, 3.8) is 0 Å². The minimum absolute atomic E-state index is 0.166. The van der Waals surface area contributed by atoms with Gasteiger partial charge in [-0.15, -0.1) is 0 Å². The molecule has 28 heavy (non-hydrogen) atoms. The summed E-state index contributed by atoms with van der Waals surface area (Å²) in [4.78, 5) is 13.8. The van der Waals surface area contributed by atoms with Crippen molar-refractivity contribution in [2.45, 2.75) is 12.6 Å². The number of benzene rings is 2. The van der Waals surface area contributed by atoms with Gasteiger partial charge < -0.3 is 15.5 Å². The Kier molecular flexibility index (Phi) is 4.58. The molecule has 0 atom stereocenters. The van der Waals surface area contributed by atoms with E-state index in [1.165, 1.54) is 12.3 Å². The Balaban J connectivity index is 1.64. The van der Waals surface area contributed by atoms with Gasteiger partial charge in [0.1, 0.15) is 0 Å². The van der Waals surface area contributed by atoms with Crippen molar-refractivity contribution in [1.82, 2.24) is 0 Å². The smallest absolute Gasteiger partial charge is 0.367 e. The predicted molar refractivity (Wildman–Crippen MR) is 104 cm³/mol. The molecular weight excluding hydrogens is 367 g/mol. The minimum Gasteiger partial charge on any atom is -0.367 e. The van der Waals surface area contributed by atoms with Crippen molar-refractivity contribution < 1.29 is 18.0 Å². The molecule has 0 unspecified atom stereocenters. The van der Waals surface area contributed by atoms with Crippen molar-refractivity contribution in [3.05, 3.63) is 71.9 Å². The van der Waals surface area contributed by atoms with E-state index in [1.807, 2.05) is 12.2 Å². The molecule has 2 aromatic carbocycles. The third-order valence-electron chi connectivity index (χ3n) is 4.79. The number of amides is 1. The fourth-order valence-corrected chi connectivity index (χ4v) is 3.43. The number of para-hydroxylation sites is 1. The first-order chi connectivity index (χ1) is 13.4. The number of halogens is 3. The number of carbonyl (C=O) groups excluding carboxylic acids is 1. The van der Waals surface area contributed by atoms with E-state index in [2.05, 4.69) is 10.6 Å². The van der Waals surface area contributed by atoms with Gasteiger partial charge in [-0.2, -0.15) is 13.2 Å². The van der Waals surface area contributed by atoms with Gasteiger partial charge in [-0.25, -0.2) is 0 Å². The van der Waals surface area contributed by atoms with E-state index in [0.29, 0.717) is 29.9 Å². The summed E-state index contributed by atoms with van der Waals surface area (Å²) in [5, 5.41) is 5.58. The number of alkyl halides is 3. The Morgan fingerprint density at radius 3 is 2.68 bits per heavy atom. The molecule has 144 valence electrons. The summed E-state index contributed by atoms with van der Waals surface area (Å²) < 4.78 is 40.9. The van der Waals surface area contributed by atoms with Gasteiger partial charge in [-0.05, 0) is 30.7 Å². The quantitative estimate of drug-likeness (QED) is 0.585. The lowest BCUT2D eigenvalue weighted by atomic mass is 10.1. The van der Waals surface area contributed by atoms with Crippen molar-refractivity contribution in [2.24, 2.45) is 0 Å². The van der Waals surface area contributed by atoms with Crippen molar-refractivity contribution in [2.75, 3.05) is 28.6 Å². The van der Waals surface area contributed by atoms with Gasteiger partial charge in [0.25, 0.3) is 5.91 Å². The van der Waals surface area contributed by atoms with Crippen LogP contribution in [0.2, 0.25) is 0 Å². The average Bonchev–Trinajstić information content (AvgIpc) is 3.01. The van der Waals surface area contributed by atoms with E-state index in [4.69, 9.17) is 0 Å². The zero-order valence-corrected chi connectivity index (χ0v) is 14.9. The summed E-state index contributed by atoms with van der Waals surface area (Å²) in [7, 11) is 0. The SMILES string of the molecule is O=C1Nc2ccccc2/C1=C\Nc1ccc(N2CC=CCC2)c(C(F)(F)F)c1. The highest BCUT2D eigenvalue weighted by atomic mass is 19.4. The topological polar surface area (TPSA) is 44.4 Å². The molecule has 0 spiro atoms. The molecule has 2 heterocycles. The van der Waals surface area contributed by atoms with Crippen LogP contribution in [-0.2, 0) is 11.0 Å². The first-order valence-corrected chi connectivity index (χ1v) is 8.92. The Labute approximate surface area is 160 Å². The van der Waals surface area contributed by atoms with Crippen LogP contribution in [0.5, 0.6) is 0 Å². The normalized spacial score (nSPS) is 17.6. The minimum atomic E-state index is -4.47. The molecule has 0 radical (unpaired) electrons. The highest BCUT2D eigenvalue weighted by Gasteiger charge is 2.35. The Morgan fingerprint density at radius 1 is 1.11 bits per heavy atom. The highest BCUT2D eigenvalue weighted by Crippen LogP contribution is 2.39. The second-order valence-corrected chi connectivity index (χ2v) is 6.64. The molecule has 0 aromatic heterocycles. The molecule has 7 heteroatoms. The summed E-state index contributed by atoms with van der Waals surface area (Å²) in [6.07, 6.45) is 1.53. The Bertz CT molecular complexity index is 979. The first kappa shape index (κ1) is 18.2. The molecule has 2 aliphatic heterocycles. The maximum atomic E-state index is 13.6. The predicted octanol–water partition coefficient (Wildman–Crippen LogP) is 4.88. The van der Waals surface area contributed by atoms with E-state index in [0.717, 1.165) is 12.5 Å². The maximum Gasteiger partial charge on any atom is 0.418 e. The lowest BCUT2D eigenvalue weighted by molar-refractivity contribution is -0.137. The van der Waals surface area contributed by atoms with E-state index in [-0.39, 0.29) is 17.3 Å². The van der Waals surface area contributed by atoms with Crippen LogP contribution in [0.1, 0.15) is 17.5 Å². The van der Waals surface area contributed by atoms with Gasteiger partial charge in [0.05, 0.1) is 11.1 Å². The summed E-state index contributed by atoms with van der Waals surface area (Å²) in [6.45, 7) is 1.00. The summed E-state index contributed by atoms with van der Waals surface area (Å²) in [6, 6.07) is 11.3. The molecule has 2 aliphatic rings. The van der Waals surface area contributed by atoms with Crippen LogP contribution < -0.4 is 15.5 Å². The van der Waals surface area contributed by atoms with Crippen LogP contribution in [0.3, 0.4) is 0 Å². The number of nitrogens with zero attached hydrogens (tertiary/aromatic N) is 1. The van der Waals surface area contributed by atoms with Gasteiger partial charge in [0.2, 0.25) is 0 Å². The highest BCUT2D eigenvalue weighted by molar-refractivity contribution is 6.31. The zero-order chi connectivity index (χ0) is 19.7. The molecule has 0 aliphatic carbocycles. The molecular formula is C21H18F3N3O. The second kappa shape index (κ2) is 7.07. The monoisotopic (exact) mass is 385 g/mol. The zero-order valence-electron chi connectivity index (χ0n) is 14.9. The van der Waals surface area contributed by atoms with Crippen LogP contribution in [-0.4, -0.2) is 19.0 Å². The molecule has 4 rings (SSSR count).